The molecule has 1 N–H and O–H groups in total. The summed E-state index contributed by atoms with van der Waals surface area (Å²) >= 11 is 6.54. The number of halogens is 1. The number of hydrogen-bond acceptors (Lipinski definition) is 4. The van der Waals surface area contributed by atoms with E-state index in [0.717, 1.165) is 46.7 Å². The van der Waals surface area contributed by atoms with Crippen molar-refractivity contribution in [3.05, 3.63) is 131 Å². The molecule has 1 saturated carbocycles. The predicted molar refractivity (Wildman–Crippen MR) is 178 cm³/mol. The number of benzene rings is 4. The molecule has 45 heavy (non-hydrogen) atoms. The molecule has 5 rings (SSSR count). The van der Waals surface area contributed by atoms with Crippen LogP contribution in [-0.2, 0) is 32.6 Å². The van der Waals surface area contributed by atoms with Gasteiger partial charge in [-0.05, 0) is 55.2 Å². The normalized spacial score (nSPS) is 14.1. The van der Waals surface area contributed by atoms with Crippen molar-refractivity contribution in [3.8, 4) is 0 Å². The third-order valence-electron chi connectivity index (χ3n) is 8.14. The standard InChI is InChI=1S/C36H38ClN3O4S/c1-27-13-12-16-29(23-27)25-39(34(24-28-14-4-2-5-15-28)36(42)38-30-17-8-9-18-30)35(41)26-40(33-22-11-10-21-32(33)37)45(43,44)31-19-6-3-7-20-31/h2-7,10-16,19-23,30,34H,8-9,17-18,24-26H2,1H3,(H,38,42)/t34-/m1/s1. The maximum Gasteiger partial charge on any atom is 0.264 e. The van der Waals surface area contributed by atoms with Gasteiger partial charge in [0.25, 0.3) is 10.0 Å². The molecule has 234 valence electrons. The first kappa shape index (κ1) is 32.3. The average molecular weight is 644 g/mol. The van der Waals surface area contributed by atoms with Crippen molar-refractivity contribution in [2.45, 2.75) is 62.6 Å². The zero-order valence-corrected chi connectivity index (χ0v) is 26.9. The van der Waals surface area contributed by atoms with Crippen LogP contribution in [0.2, 0.25) is 5.02 Å². The van der Waals surface area contributed by atoms with Crippen LogP contribution in [0, 0.1) is 6.92 Å². The third-order valence-corrected chi connectivity index (χ3v) is 10.2. The first-order chi connectivity index (χ1) is 21.7. The quantitative estimate of drug-likeness (QED) is 0.190. The minimum absolute atomic E-state index is 0.0303. The number of aryl methyl sites for hydroxylation is 1. The lowest BCUT2D eigenvalue weighted by atomic mass is 10.0. The number of amides is 2. The van der Waals surface area contributed by atoms with Crippen molar-refractivity contribution in [2.24, 2.45) is 0 Å². The lowest BCUT2D eigenvalue weighted by molar-refractivity contribution is -0.140. The topological polar surface area (TPSA) is 86.8 Å². The minimum atomic E-state index is -4.21. The summed E-state index contributed by atoms with van der Waals surface area (Å²) < 4.78 is 29.2. The number of rotatable bonds is 12. The van der Waals surface area contributed by atoms with Crippen molar-refractivity contribution in [1.29, 1.82) is 0 Å². The van der Waals surface area contributed by atoms with Crippen molar-refractivity contribution in [3.63, 3.8) is 0 Å². The zero-order valence-electron chi connectivity index (χ0n) is 25.3. The number of carbonyl (C=O) groups is 2. The fourth-order valence-corrected chi connectivity index (χ4v) is 7.56. The lowest BCUT2D eigenvalue weighted by Crippen LogP contribution is -2.54. The fraction of sp³-hybridized carbons (Fsp3) is 0.278. The Morgan fingerprint density at radius 1 is 0.844 bits per heavy atom. The van der Waals surface area contributed by atoms with Crippen molar-refractivity contribution in [2.75, 3.05) is 10.8 Å². The molecule has 7 nitrogen and oxygen atoms in total. The Hall–Kier alpha value is -4.14. The van der Waals surface area contributed by atoms with Gasteiger partial charge in [0, 0.05) is 19.0 Å². The molecule has 0 saturated heterocycles. The molecule has 0 aliphatic heterocycles. The van der Waals surface area contributed by atoms with Crippen molar-refractivity contribution < 1.29 is 18.0 Å². The van der Waals surface area contributed by atoms with Gasteiger partial charge in [-0.3, -0.25) is 13.9 Å². The molecule has 0 radical (unpaired) electrons. The van der Waals surface area contributed by atoms with Gasteiger partial charge >= 0.3 is 0 Å². The lowest BCUT2D eigenvalue weighted by Gasteiger charge is -2.34. The van der Waals surface area contributed by atoms with Gasteiger partial charge in [-0.25, -0.2) is 8.42 Å². The van der Waals surface area contributed by atoms with Crippen LogP contribution in [0.5, 0.6) is 0 Å². The maximum absolute atomic E-state index is 14.6. The predicted octanol–water partition coefficient (Wildman–Crippen LogP) is 6.54. The van der Waals surface area contributed by atoms with E-state index >= 15 is 0 Å². The molecule has 0 bridgehead atoms. The van der Waals surface area contributed by atoms with Crippen LogP contribution in [0.4, 0.5) is 5.69 Å². The minimum Gasteiger partial charge on any atom is -0.352 e. The SMILES string of the molecule is Cc1cccc(CN(C(=O)CN(c2ccccc2Cl)S(=O)(=O)c2ccccc2)[C@H](Cc2ccccc2)C(=O)NC2CCCC2)c1. The number of sulfonamides is 1. The molecule has 4 aromatic carbocycles. The van der Waals surface area contributed by atoms with E-state index in [-0.39, 0.29) is 40.5 Å². The van der Waals surface area contributed by atoms with Gasteiger partial charge in [0.15, 0.2) is 0 Å². The molecule has 0 heterocycles. The number of nitrogens with zero attached hydrogens (tertiary/aromatic N) is 2. The zero-order chi connectivity index (χ0) is 31.8. The van der Waals surface area contributed by atoms with Crippen molar-refractivity contribution >= 4 is 39.1 Å². The van der Waals surface area contributed by atoms with E-state index in [2.05, 4.69) is 5.32 Å². The Bertz CT molecular complexity index is 1710. The second-order valence-electron chi connectivity index (χ2n) is 11.5. The number of carbonyl (C=O) groups excluding carboxylic acids is 2. The van der Waals surface area contributed by atoms with E-state index < -0.39 is 28.5 Å². The summed E-state index contributed by atoms with van der Waals surface area (Å²) in [5.74, 6) is -0.764. The molecule has 1 aliphatic rings. The van der Waals surface area contributed by atoms with Crippen LogP contribution >= 0.6 is 11.6 Å². The molecular formula is C36H38ClN3O4S. The number of para-hydroxylation sites is 1. The van der Waals surface area contributed by atoms with Crippen molar-refractivity contribution in [1.82, 2.24) is 10.2 Å². The van der Waals surface area contributed by atoms with E-state index in [0.29, 0.717) is 0 Å². The van der Waals surface area contributed by atoms with Gasteiger partial charge in [-0.1, -0.05) is 115 Å². The van der Waals surface area contributed by atoms with Crippen LogP contribution in [-0.4, -0.2) is 43.8 Å². The highest BCUT2D eigenvalue weighted by Crippen LogP contribution is 2.31. The summed E-state index contributed by atoms with van der Waals surface area (Å²) in [6, 6.07) is 31.0. The molecule has 0 spiro atoms. The highest BCUT2D eigenvalue weighted by molar-refractivity contribution is 7.92. The Balaban J connectivity index is 1.57. The van der Waals surface area contributed by atoms with Gasteiger partial charge in [0.1, 0.15) is 12.6 Å². The molecule has 2 amide bonds. The van der Waals surface area contributed by atoms with Crippen LogP contribution in [0.25, 0.3) is 0 Å². The van der Waals surface area contributed by atoms with E-state index in [1.54, 1.807) is 42.5 Å². The number of anilines is 1. The van der Waals surface area contributed by atoms with Crippen LogP contribution in [0.3, 0.4) is 0 Å². The van der Waals surface area contributed by atoms with E-state index in [4.69, 9.17) is 11.6 Å². The maximum atomic E-state index is 14.6. The second kappa shape index (κ2) is 14.8. The van der Waals surface area contributed by atoms with Crippen LogP contribution < -0.4 is 9.62 Å². The molecule has 0 unspecified atom stereocenters. The number of nitrogens with one attached hydrogen (secondary N) is 1. The highest BCUT2D eigenvalue weighted by Gasteiger charge is 2.36. The van der Waals surface area contributed by atoms with Gasteiger partial charge < -0.3 is 10.2 Å². The smallest absolute Gasteiger partial charge is 0.264 e. The van der Waals surface area contributed by atoms with Gasteiger partial charge in [-0.15, -0.1) is 0 Å². The molecule has 4 aromatic rings. The summed E-state index contributed by atoms with van der Waals surface area (Å²) in [7, 11) is -4.21. The Labute approximate surface area is 270 Å². The summed E-state index contributed by atoms with van der Waals surface area (Å²) in [6.45, 7) is 1.54. The van der Waals surface area contributed by atoms with Gasteiger partial charge in [0.2, 0.25) is 11.8 Å². The Morgan fingerprint density at radius 2 is 1.47 bits per heavy atom. The average Bonchev–Trinajstić information content (AvgIpc) is 3.56. The molecule has 0 aromatic heterocycles. The third kappa shape index (κ3) is 8.12. The first-order valence-electron chi connectivity index (χ1n) is 15.2. The summed E-state index contributed by atoms with van der Waals surface area (Å²) in [5.41, 5.74) is 2.93. The summed E-state index contributed by atoms with van der Waals surface area (Å²) in [4.78, 5) is 30.2. The van der Waals surface area contributed by atoms with E-state index in [9.17, 15) is 18.0 Å². The van der Waals surface area contributed by atoms with Gasteiger partial charge in [0.05, 0.1) is 15.6 Å². The largest absolute Gasteiger partial charge is 0.352 e. The molecule has 1 aliphatic carbocycles. The summed E-state index contributed by atoms with van der Waals surface area (Å²) in [5, 5.41) is 3.39. The molecule has 9 heteroatoms. The molecular weight excluding hydrogens is 606 g/mol. The highest BCUT2D eigenvalue weighted by atomic mass is 35.5. The second-order valence-corrected chi connectivity index (χ2v) is 13.8. The monoisotopic (exact) mass is 643 g/mol. The molecule has 1 atom stereocenters. The molecule has 1 fully saturated rings. The van der Waals surface area contributed by atoms with Crippen LogP contribution in [0.1, 0.15) is 42.4 Å². The number of hydrogen-bond donors (Lipinski definition) is 1. The first-order valence-corrected chi connectivity index (χ1v) is 17.1. The summed E-state index contributed by atoms with van der Waals surface area (Å²) in [6.07, 6.45) is 4.15. The fourth-order valence-electron chi connectivity index (χ4n) is 5.82. The van der Waals surface area contributed by atoms with E-state index in [1.165, 1.54) is 17.0 Å². The Morgan fingerprint density at radius 3 is 2.13 bits per heavy atom. The van der Waals surface area contributed by atoms with Crippen LogP contribution in [0.15, 0.2) is 114 Å². The Kier molecular flexibility index (Phi) is 10.6. The van der Waals surface area contributed by atoms with E-state index in [1.807, 2.05) is 61.5 Å². The van der Waals surface area contributed by atoms with Gasteiger partial charge in [-0.2, -0.15) is 0 Å².